The van der Waals surface area contributed by atoms with Gasteiger partial charge in [0.25, 0.3) is 11.8 Å². The minimum Gasteiger partial charge on any atom is -0.415 e. The topological polar surface area (TPSA) is 97.6 Å². The van der Waals surface area contributed by atoms with Gasteiger partial charge >= 0.3 is 6.43 Å². The summed E-state index contributed by atoms with van der Waals surface area (Å²) in [7, 11) is 0. The molecule has 10 heteroatoms. The van der Waals surface area contributed by atoms with Gasteiger partial charge in [-0.3, -0.25) is 9.69 Å². The van der Waals surface area contributed by atoms with E-state index < -0.39 is 12.3 Å². The predicted octanol–water partition coefficient (Wildman–Crippen LogP) is 4.49. The second-order valence-electron chi connectivity index (χ2n) is 6.32. The Kier molecular flexibility index (Phi) is 5.28. The number of hydrogen-bond acceptors (Lipinski definition) is 6. The number of aliphatic imine (C=N–C) groups is 1. The maximum absolute atomic E-state index is 13.0. The van der Waals surface area contributed by atoms with Crippen molar-refractivity contribution < 1.29 is 18.0 Å². The van der Waals surface area contributed by atoms with Gasteiger partial charge in [0, 0.05) is 16.1 Å². The number of fused-ring (bicyclic) bond motifs is 1. The molecule has 0 fully saturated rings. The summed E-state index contributed by atoms with van der Waals surface area (Å²) >= 11 is 6.00. The molecule has 2 heterocycles. The van der Waals surface area contributed by atoms with E-state index in [1.165, 1.54) is 23.2 Å². The molecule has 30 heavy (non-hydrogen) atoms. The molecule has 0 aliphatic carbocycles. The molecule has 0 radical (unpaired) electrons. The summed E-state index contributed by atoms with van der Waals surface area (Å²) in [6.07, 6.45) is -0.0698. The molecule has 1 aromatic heterocycles. The third-order valence-electron chi connectivity index (χ3n) is 4.36. The van der Waals surface area contributed by atoms with Gasteiger partial charge in [-0.25, -0.2) is 4.99 Å². The van der Waals surface area contributed by atoms with Gasteiger partial charge in [-0.1, -0.05) is 23.7 Å². The zero-order valence-corrected chi connectivity index (χ0v) is 16.1. The van der Waals surface area contributed by atoms with Crippen molar-refractivity contribution in [3.8, 4) is 11.5 Å². The van der Waals surface area contributed by atoms with E-state index in [0.29, 0.717) is 27.7 Å². The quantitative estimate of drug-likeness (QED) is 0.487. The van der Waals surface area contributed by atoms with Gasteiger partial charge in [0.15, 0.2) is 0 Å². The Hall–Kier alpha value is -3.59. The molecule has 0 unspecified atom stereocenters. The predicted molar refractivity (Wildman–Crippen MR) is 106 cm³/mol. The van der Waals surface area contributed by atoms with Crippen LogP contribution in [0.2, 0.25) is 5.02 Å². The van der Waals surface area contributed by atoms with Crippen molar-refractivity contribution in [3.05, 3.63) is 76.8 Å². The lowest BCUT2D eigenvalue weighted by molar-refractivity contribution is 0.0866. The van der Waals surface area contributed by atoms with Crippen molar-refractivity contribution in [3.63, 3.8) is 0 Å². The highest BCUT2D eigenvalue weighted by Gasteiger charge is 2.31. The van der Waals surface area contributed by atoms with Crippen LogP contribution in [-0.2, 0) is 6.54 Å². The summed E-state index contributed by atoms with van der Waals surface area (Å²) in [4.78, 5) is 19.0. The summed E-state index contributed by atoms with van der Waals surface area (Å²) in [6.45, 7) is 0.268. The minimum absolute atomic E-state index is 0.0889. The fraction of sp³-hybridized carbons (Fsp3) is 0.100. The standard InChI is InChI=1S/C20H14ClF2N5O2/c21-13-2-1-3-14(9-13)25-16(6-7-24)28-10-12-5-4-11(8-15(12)20(28)29)18-26-27-19(30-18)17(22)23/h1-9,17H,10,24H2. The molecule has 1 aliphatic heterocycles. The first-order chi connectivity index (χ1) is 14.5. The first kappa shape index (κ1) is 19.7. The fourth-order valence-corrected chi connectivity index (χ4v) is 3.19. The molecule has 0 bridgehead atoms. The zero-order valence-electron chi connectivity index (χ0n) is 15.3. The largest absolute Gasteiger partial charge is 0.415 e. The van der Waals surface area contributed by atoms with Gasteiger partial charge in [-0.2, -0.15) is 8.78 Å². The van der Waals surface area contributed by atoms with Crippen LogP contribution < -0.4 is 5.73 Å². The lowest BCUT2D eigenvalue weighted by atomic mass is 10.1. The Morgan fingerprint density at radius 1 is 1.27 bits per heavy atom. The van der Waals surface area contributed by atoms with Gasteiger partial charge < -0.3 is 10.2 Å². The molecule has 1 aliphatic rings. The first-order valence-electron chi connectivity index (χ1n) is 8.75. The molecule has 0 spiro atoms. The van der Waals surface area contributed by atoms with Crippen LogP contribution in [0.4, 0.5) is 14.5 Å². The minimum atomic E-state index is -2.87. The second kappa shape index (κ2) is 8.03. The van der Waals surface area contributed by atoms with E-state index in [4.69, 9.17) is 21.8 Å². The van der Waals surface area contributed by atoms with Crippen LogP contribution in [0.3, 0.4) is 0 Å². The third kappa shape index (κ3) is 3.79. The average molecular weight is 430 g/mol. The Balaban J connectivity index is 1.66. The summed E-state index contributed by atoms with van der Waals surface area (Å²) in [5, 5.41) is 7.44. The van der Waals surface area contributed by atoms with Crippen molar-refractivity contribution in [1.82, 2.24) is 15.1 Å². The van der Waals surface area contributed by atoms with Crippen molar-refractivity contribution in [2.75, 3.05) is 0 Å². The molecule has 152 valence electrons. The molecule has 7 nitrogen and oxygen atoms in total. The van der Waals surface area contributed by atoms with Gasteiger partial charge in [-0.05, 0) is 48.2 Å². The van der Waals surface area contributed by atoms with E-state index in [9.17, 15) is 13.6 Å². The highest BCUT2D eigenvalue weighted by atomic mass is 35.5. The van der Waals surface area contributed by atoms with Gasteiger partial charge in [0.1, 0.15) is 5.84 Å². The van der Waals surface area contributed by atoms with E-state index in [1.807, 2.05) is 0 Å². The lowest BCUT2D eigenvalue weighted by Gasteiger charge is -2.15. The van der Waals surface area contributed by atoms with Crippen LogP contribution >= 0.6 is 11.6 Å². The van der Waals surface area contributed by atoms with E-state index in [0.717, 1.165) is 5.56 Å². The highest BCUT2D eigenvalue weighted by molar-refractivity contribution is 6.30. The molecule has 4 rings (SSSR count). The van der Waals surface area contributed by atoms with Gasteiger partial charge in [0.05, 0.1) is 12.2 Å². The number of hydrogen-bond donors (Lipinski definition) is 1. The number of amides is 1. The van der Waals surface area contributed by atoms with Crippen molar-refractivity contribution in [2.24, 2.45) is 10.7 Å². The van der Waals surface area contributed by atoms with Crippen molar-refractivity contribution in [1.29, 1.82) is 0 Å². The van der Waals surface area contributed by atoms with Gasteiger partial charge in [-0.15, -0.1) is 10.2 Å². The number of alkyl halides is 2. The number of carbonyl (C=O) groups is 1. The van der Waals surface area contributed by atoms with Crippen LogP contribution in [0, 0.1) is 0 Å². The van der Waals surface area contributed by atoms with Crippen molar-refractivity contribution >= 4 is 29.0 Å². The number of carbonyl (C=O) groups excluding carboxylic acids is 1. The summed E-state index contributed by atoms with van der Waals surface area (Å²) in [5.41, 5.74) is 7.59. The maximum Gasteiger partial charge on any atom is 0.314 e. The summed E-state index contributed by atoms with van der Waals surface area (Å²) in [6, 6.07) is 11.7. The van der Waals surface area contributed by atoms with E-state index >= 15 is 0 Å². The molecule has 0 saturated carbocycles. The highest BCUT2D eigenvalue weighted by Crippen LogP contribution is 2.30. The number of amidine groups is 1. The van der Waals surface area contributed by atoms with Crippen LogP contribution in [0.15, 0.2) is 64.2 Å². The summed E-state index contributed by atoms with van der Waals surface area (Å²) < 4.78 is 30.4. The van der Waals surface area contributed by atoms with Crippen LogP contribution in [0.25, 0.3) is 11.5 Å². The molecule has 2 aromatic carbocycles. The van der Waals surface area contributed by atoms with Crippen LogP contribution in [-0.4, -0.2) is 26.8 Å². The summed E-state index contributed by atoms with van der Waals surface area (Å²) in [5.74, 6) is -0.851. The lowest BCUT2D eigenvalue weighted by Crippen LogP contribution is -2.30. The molecular formula is C20H14ClF2N5O2. The average Bonchev–Trinajstić information content (AvgIpc) is 3.33. The molecule has 1 amide bonds. The monoisotopic (exact) mass is 429 g/mol. The molecule has 0 atom stereocenters. The Labute approximate surface area is 174 Å². The molecule has 3 aromatic rings. The Morgan fingerprint density at radius 3 is 2.80 bits per heavy atom. The van der Waals surface area contributed by atoms with Crippen molar-refractivity contribution in [2.45, 2.75) is 13.0 Å². The third-order valence-corrected chi connectivity index (χ3v) is 4.60. The number of nitrogens with zero attached hydrogens (tertiary/aromatic N) is 4. The number of benzene rings is 2. The number of aromatic nitrogens is 2. The Bertz CT molecular complexity index is 1180. The Morgan fingerprint density at radius 2 is 2.10 bits per heavy atom. The number of nitrogens with two attached hydrogens (primary N) is 1. The van der Waals surface area contributed by atoms with E-state index in [2.05, 4.69) is 15.2 Å². The smallest absolute Gasteiger partial charge is 0.314 e. The molecular weight excluding hydrogens is 416 g/mol. The van der Waals surface area contributed by atoms with Crippen LogP contribution in [0.5, 0.6) is 0 Å². The maximum atomic E-state index is 13.0. The molecule has 2 N–H and O–H groups in total. The van der Waals surface area contributed by atoms with Gasteiger partial charge in [0.2, 0.25) is 5.89 Å². The number of halogens is 3. The van der Waals surface area contributed by atoms with E-state index in [-0.39, 0.29) is 18.3 Å². The fourth-order valence-electron chi connectivity index (χ4n) is 3.01. The first-order valence-corrected chi connectivity index (χ1v) is 9.13. The number of rotatable bonds is 4. The molecule has 0 saturated heterocycles. The second-order valence-corrected chi connectivity index (χ2v) is 6.75. The SMILES string of the molecule is NC=CC(=Nc1cccc(Cl)c1)N1Cc2ccc(-c3nnc(C(F)F)o3)cc2C1=O. The van der Waals surface area contributed by atoms with E-state index in [1.54, 1.807) is 36.4 Å². The van der Waals surface area contributed by atoms with Crippen LogP contribution in [0.1, 0.15) is 28.2 Å². The normalized spacial score (nSPS) is 14.2. The zero-order chi connectivity index (χ0) is 21.3.